The van der Waals surface area contributed by atoms with E-state index in [0.29, 0.717) is 37.3 Å². The van der Waals surface area contributed by atoms with Gasteiger partial charge in [0.15, 0.2) is 12.4 Å². The number of hydrogen-bond acceptors (Lipinski definition) is 4. The van der Waals surface area contributed by atoms with Gasteiger partial charge in [-0.05, 0) is 37.1 Å². The Bertz CT molecular complexity index is 785. The van der Waals surface area contributed by atoms with Gasteiger partial charge >= 0.3 is 0 Å². The number of benzene rings is 2. The highest BCUT2D eigenvalue weighted by molar-refractivity contribution is 6.01. The van der Waals surface area contributed by atoms with Crippen LogP contribution in [0.3, 0.4) is 0 Å². The van der Waals surface area contributed by atoms with Gasteiger partial charge in [0.25, 0.3) is 5.91 Å². The minimum atomic E-state index is -0.205. The third-order valence-electron chi connectivity index (χ3n) is 4.09. The number of fused-ring (bicyclic) bond motifs is 1. The lowest BCUT2D eigenvalue weighted by Crippen LogP contribution is -2.28. The molecule has 0 atom stereocenters. The maximum Gasteiger partial charge on any atom is 0.258 e. The van der Waals surface area contributed by atoms with Gasteiger partial charge in [0.05, 0.1) is 6.61 Å². The van der Waals surface area contributed by atoms with Crippen molar-refractivity contribution in [1.29, 1.82) is 0 Å². The second kappa shape index (κ2) is 7.83. The standard InChI is InChI=1S/C20H21NO4/c1-2-24-15-6-3-5-14(11-15)12-21-20(23)13-25-19-8-4-7-16-17(19)9-10-18(16)22/h3-8,11H,2,9-10,12-13H2,1H3,(H,21,23). The molecule has 1 amide bonds. The summed E-state index contributed by atoms with van der Waals surface area (Å²) < 4.78 is 11.1. The quantitative estimate of drug-likeness (QED) is 0.842. The van der Waals surface area contributed by atoms with Crippen molar-refractivity contribution in [3.8, 4) is 11.5 Å². The third-order valence-corrected chi connectivity index (χ3v) is 4.09. The minimum Gasteiger partial charge on any atom is -0.494 e. The number of amides is 1. The van der Waals surface area contributed by atoms with Crippen LogP contribution in [0.25, 0.3) is 0 Å². The van der Waals surface area contributed by atoms with E-state index in [4.69, 9.17) is 9.47 Å². The zero-order chi connectivity index (χ0) is 17.6. The summed E-state index contributed by atoms with van der Waals surface area (Å²) in [4.78, 5) is 23.8. The van der Waals surface area contributed by atoms with Crippen molar-refractivity contribution in [1.82, 2.24) is 5.32 Å². The first-order valence-corrected chi connectivity index (χ1v) is 8.43. The van der Waals surface area contributed by atoms with Gasteiger partial charge in [-0.15, -0.1) is 0 Å². The summed E-state index contributed by atoms with van der Waals surface area (Å²) in [5, 5.41) is 2.83. The fraction of sp³-hybridized carbons (Fsp3) is 0.300. The Labute approximate surface area is 147 Å². The topological polar surface area (TPSA) is 64.6 Å². The normalized spacial score (nSPS) is 12.6. The third kappa shape index (κ3) is 4.18. The van der Waals surface area contributed by atoms with Crippen molar-refractivity contribution in [3.05, 3.63) is 59.2 Å². The molecule has 2 aromatic rings. The van der Waals surface area contributed by atoms with E-state index in [1.54, 1.807) is 12.1 Å². The Hall–Kier alpha value is -2.82. The van der Waals surface area contributed by atoms with Crippen molar-refractivity contribution in [3.63, 3.8) is 0 Å². The zero-order valence-corrected chi connectivity index (χ0v) is 14.2. The van der Waals surface area contributed by atoms with Crippen molar-refractivity contribution in [2.75, 3.05) is 13.2 Å². The number of rotatable bonds is 7. The van der Waals surface area contributed by atoms with Gasteiger partial charge in [-0.1, -0.05) is 24.3 Å². The molecule has 5 nitrogen and oxygen atoms in total. The lowest BCUT2D eigenvalue weighted by molar-refractivity contribution is -0.123. The van der Waals surface area contributed by atoms with E-state index >= 15 is 0 Å². The predicted molar refractivity (Wildman–Crippen MR) is 94.0 cm³/mol. The van der Waals surface area contributed by atoms with Crippen molar-refractivity contribution in [2.45, 2.75) is 26.3 Å². The van der Waals surface area contributed by atoms with Crippen LogP contribution in [0.15, 0.2) is 42.5 Å². The van der Waals surface area contributed by atoms with Crippen molar-refractivity contribution >= 4 is 11.7 Å². The summed E-state index contributed by atoms with van der Waals surface area (Å²) >= 11 is 0. The summed E-state index contributed by atoms with van der Waals surface area (Å²) in [6.45, 7) is 2.87. The van der Waals surface area contributed by atoms with Crippen molar-refractivity contribution < 1.29 is 19.1 Å². The monoisotopic (exact) mass is 339 g/mol. The molecular weight excluding hydrogens is 318 g/mol. The van der Waals surface area contributed by atoms with Crippen LogP contribution < -0.4 is 14.8 Å². The molecule has 0 fully saturated rings. The molecule has 0 aliphatic heterocycles. The fourth-order valence-electron chi connectivity index (χ4n) is 2.90. The molecule has 0 heterocycles. The van der Waals surface area contributed by atoms with Crippen LogP contribution >= 0.6 is 0 Å². The Morgan fingerprint density at radius 3 is 2.80 bits per heavy atom. The van der Waals surface area contributed by atoms with Gasteiger partial charge in [0.1, 0.15) is 11.5 Å². The Morgan fingerprint density at radius 1 is 1.12 bits per heavy atom. The van der Waals surface area contributed by atoms with Crippen LogP contribution in [0.5, 0.6) is 11.5 Å². The lowest BCUT2D eigenvalue weighted by atomic mass is 10.1. The Balaban J connectivity index is 1.52. The highest BCUT2D eigenvalue weighted by atomic mass is 16.5. The molecule has 0 saturated heterocycles. The smallest absolute Gasteiger partial charge is 0.258 e. The van der Waals surface area contributed by atoms with Crippen LogP contribution in [-0.2, 0) is 17.8 Å². The van der Waals surface area contributed by atoms with Crippen molar-refractivity contribution in [2.24, 2.45) is 0 Å². The molecule has 130 valence electrons. The summed E-state index contributed by atoms with van der Waals surface area (Å²) in [6.07, 6.45) is 1.19. The number of carbonyl (C=O) groups excluding carboxylic acids is 2. The van der Waals surface area contributed by atoms with Gasteiger partial charge in [-0.3, -0.25) is 9.59 Å². The molecule has 25 heavy (non-hydrogen) atoms. The van der Waals surface area contributed by atoms with Gasteiger partial charge in [0, 0.05) is 24.1 Å². The highest BCUT2D eigenvalue weighted by Crippen LogP contribution is 2.30. The number of ketones is 1. The number of nitrogens with one attached hydrogen (secondary N) is 1. The van der Waals surface area contributed by atoms with E-state index in [-0.39, 0.29) is 18.3 Å². The zero-order valence-electron chi connectivity index (χ0n) is 14.2. The number of ether oxygens (including phenoxy) is 2. The molecule has 2 aromatic carbocycles. The average molecular weight is 339 g/mol. The number of hydrogen-bond donors (Lipinski definition) is 1. The summed E-state index contributed by atoms with van der Waals surface area (Å²) in [5.74, 6) is 1.34. The molecule has 0 aromatic heterocycles. The second-order valence-electron chi connectivity index (χ2n) is 5.85. The van der Waals surface area contributed by atoms with Crippen LogP contribution in [-0.4, -0.2) is 24.9 Å². The first-order valence-electron chi connectivity index (χ1n) is 8.43. The molecule has 5 heteroatoms. The average Bonchev–Trinajstić information content (AvgIpc) is 3.01. The summed E-state index contributed by atoms with van der Waals surface area (Å²) in [5.41, 5.74) is 2.58. The first-order chi connectivity index (χ1) is 12.2. The molecule has 1 aliphatic carbocycles. The SMILES string of the molecule is CCOc1cccc(CNC(=O)COc2cccc3c2CCC3=O)c1. The molecular formula is C20H21NO4. The highest BCUT2D eigenvalue weighted by Gasteiger charge is 2.22. The van der Waals surface area contributed by atoms with Gasteiger partial charge < -0.3 is 14.8 Å². The molecule has 0 bridgehead atoms. The largest absolute Gasteiger partial charge is 0.494 e. The minimum absolute atomic E-state index is 0.0736. The van der Waals surface area contributed by atoms with Gasteiger partial charge in [-0.2, -0.15) is 0 Å². The summed E-state index contributed by atoms with van der Waals surface area (Å²) in [7, 11) is 0. The molecule has 0 radical (unpaired) electrons. The van der Waals surface area contributed by atoms with E-state index < -0.39 is 0 Å². The van der Waals surface area contributed by atoms with Gasteiger partial charge in [0.2, 0.25) is 0 Å². The summed E-state index contributed by atoms with van der Waals surface area (Å²) in [6, 6.07) is 13.0. The van der Waals surface area contributed by atoms with E-state index in [0.717, 1.165) is 16.9 Å². The maximum atomic E-state index is 12.0. The molecule has 1 aliphatic rings. The first kappa shape index (κ1) is 17.0. The second-order valence-corrected chi connectivity index (χ2v) is 5.85. The van der Waals surface area contributed by atoms with Crippen LogP contribution in [0.1, 0.15) is 34.8 Å². The van der Waals surface area contributed by atoms with E-state index in [1.165, 1.54) is 0 Å². The Kier molecular flexibility index (Phi) is 5.33. The predicted octanol–water partition coefficient (Wildman–Crippen LogP) is 2.91. The number of carbonyl (C=O) groups is 2. The molecule has 0 saturated carbocycles. The van der Waals surface area contributed by atoms with E-state index in [1.807, 2.05) is 37.3 Å². The lowest BCUT2D eigenvalue weighted by Gasteiger charge is -2.11. The molecule has 3 rings (SSSR count). The van der Waals surface area contributed by atoms with Crippen LogP contribution in [0, 0.1) is 0 Å². The van der Waals surface area contributed by atoms with Gasteiger partial charge in [-0.25, -0.2) is 0 Å². The van der Waals surface area contributed by atoms with Crippen LogP contribution in [0.2, 0.25) is 0 Å². The van der Waals surface area contributed by atoms with Crippen LogP contribution in [0.4, 0.5) is 0 Å². The van der Waals surface area contributed by atoms with E-state index in [9.17, 15) is 9.59 Å². The molecule has 0 spiro atoms. The fourth-order valence-corrected chi connectivity index (χ4v) is 2.90. The number of Topliss-reactive ketones (excluding diaryl/α,β-unsaturated/α-hetero) is 1. The molecule has 0 unspecified atom stereocenters. The Morgan fingerprint density at radius 2 is 1.96 bits per heavy atom. The molecule has 1 N–H and O–H groups in total. The van der Waals surface area contributed by atoms with E-state index in [2.05, 4.69) is 5.32 Å². The maximum absolute atomic E-state index is 12.0.